The molecule has 0 aromatic carbocycles. The largest absolute Gasteiger partial charge is 0.394 e. The Bertz CT molecular complexity index is 731. The topological polar surface area (TPSA) is 267 Å². The lowest BCUT2D eigenvalue weighted by Gasteiger charge is -2.44. The standard InChI is InChI=1S/C20H34O17/c21-1-6-9(23)14(28)20(34-6)37-16-5(22)2-32-19(15(16)29)36-8-4-33-18(13(27)11(8)25)35-7-3-31-17(30)12(26)10(7)24/h5-30H,1-4H2/t5-,6+,7-,8-,9-,10+,11+,12?,13?,14?,15?,16+,17-,18+,19+,20+/m1/s1. The van der Waals surface area contributed by atoms with Crippen LogP contribution < -0.4 is 0 Å². The molecule has 0 saturated carbocycles. The van der Waals surface area contributed by atoms with Crippen LogP contribution in [0.25, 0.3) is 0 Å². The second-order valence-corrected chi connectivity index (χ2v) is 9.30. The van der Waals surface area contributed by atoms with Crippen LogP contribution in [0.5, 0.6) is 0 Å². The van der Waals surface area contributed by atoms with Crippen LogP contribution in [-0.2, 0) is 33.2 Å². The quantitative estimate of drug-likeness (QED) is 0.142. The molecule has 0 radical (unpaired) electrons. The Morgan fingerprint density at radius 1 is 0.541 bits per heavy atom. The predicted octanol–water partition coefficient (Wildman–Crippen LogP) is -7.19. The summed E-state index contributed by atoms with van der Waals surface area (Å²) in [5.41, 5.74) is 0. The first-order valence-electron chi connectivity index (χ1n) is 11.7. The van der Waals surface area contributed by atoms with Crippen molar-refractivity contribution in [3.63, 3.8) is 0 Å². The molecule has 17 nitrogen and oxygen atoms in total. The summed E-state index contributed by atoms with van der Waals surface area (Å²) in [5, 5.41) is 100. The molecule has 0 aliphatic carbocycles. The number of aliphatic hydroxyl groups excluding tert-OH is 10. The Morgan fingerprint density at radius 3 is 1.70 bits per heavy atom. The van der Waals surface area contributed by atoms with Crippen LogP contribution in [0.2, 0.25) is 0 Å². The van der Waals surface area contributed by atoms with Crippen molar-refractivity contribution in [2.45, 2.75) is 98.4 Å². The molecular formula is C20H34O17. The highest BCUT2D eigenvalue weighted by Gasteiger charge is 2.50. The van der Waals surface area contributed by atoms with Crippen molar-refractivity contribution in [3.8, 4) is 0 Å². The first-order chi connectivity index (χ1) is 17.5. The average Bonchev–Trinajstić information content (AvgIpc) is 3.15. The van der Waals surface area contributed by atoms with E-state index in [-0.39, 0.29) is 13.2 Å². The fourth-order valence-electron chi connectivity index (χ4n) is 4.44. The van der Waals surface area contributed by atoms with Gasteiger partial charge in [-0.15, -0.1) is 0 Å². The molecule has 37 heavy (non-hydrogen) atoms. The fraction of sp³-hybridized carbons (Fsp3) is 1.00. The summed E-state index contributed by atoms with van der Waals surface area (Å²) < 4.78 is 37.1. The minimum absolute atomic E-state index is 0.330. The van der Waals surface area contributed by atoms with Gasteiger partial charge in [-0.1, -0.05) is 0 Å². The Morgan fingerprint density at radius 2 is 1.08 bits per heavy atom. The molecule has 0 bridgehead atoms. The van der Waals surface area contributed by atoms with Crippen LogP contribution in [0, 0.1) is 0 Å². The zero-order valence-electron chi connectivity index (χ0n) is 19.4. The Balaban J connectivity index is 1.32. The molecule has 216 valence electrons. The molecule has 0 aromatic rings. The molecule has 0 aromatic heterocycles. The smallest absolute Gasteiger partial charge is 0.187 e. The molecule has 4 saturated heterocycles. The maximum Gasteiger partial charge on any atom is 0.187 e. The summed E-state index contributed by atoms with van der Waals surface area (Å²) in [4.78, 5) is 0. The maximum absolute atomic E-state index is 10.7. The van der Waals surface area contributed by atoms with Gasteiger partial charge in [-0.3, -0.25) is 0 Å². The first kappa shape index (κ1) is 29.3. The van der Waals surface area contributed by atoms with Crippen LogP contribution >= 0.6 is 0 Å². The number of aliphatic hydroxyl groups is 10. The SMILES string of the molecule is OC[C@@H]1O[C@@H](O[C@@H]2C(O)[C@H](O[C@@H]3CO[C@@H](O[C@@H]4CO[C@@H](O)C(O)[C@H]4O)C(O)[C@H]3O)OC[C@H]2O)C(O)[C@@H]1O. The minimum atomic E-state index is -1.72. The van der Waals surface area contributed by atoms with Gasteiger partial charge in [0.1, 0.15) is 73.2 Å². The van der Waals surface area contributed by atoms with Gasteiger partial charge in [-0.05, 0) is 0 Å². The minimum Gasteiger partial charge on any atom is -0.394 e. The lowest BCUT2D eigenvalue weighted by Crippen LogP contribution is -2.62. The normalized spacial score (nSPS) is 53.4. The van der Waals surface area contributed by atoms with Crippen molar-refractivity contribution in [3.05, 3.63) is 0 Å². The third-order valence-corrected chi connectivity index (χ3v) is 6.72. The Labute approximate surface area is 209 Å². The zero-order chi connectivity index (χ0) is 27.0. The van der Waals surface area contributed by atoms with Crippen molar-refractivity contribution in [1.82, 2.24) is 0 Å². The van der Waals surface area contributed by atoms with Gasteiger partial charge in [-0.2, -0.15) is 0 Å². The van der Waals surface area contributed by atoms with E-state index < -0.39 is 112 Å². The number of rotatable bonds is 7. The van der Waals surface area contributed by atoms with Gasteiger partial charge >= 0.3 is 0 Å². The molecule has 16 atom stereocenters. The van der Waals surface area contributed by atoms with Gasteiger partial charge in [0.25, 0.3) is 0 Å². The van der Waals surface area contributed by atoms with Crippen molar-refractivity contribution in [2.75, 3.05) is 26.4 Å². The number of ether oxygens (including phenoxy) is 7. The van der Waals surface area contributed by atoms with Crippen molar-refractivity contribution >= 4 is 0 Å². The van der Waals surface area contributed by atoms with E-state index in [0.29, 0.717) is 0 Å². The summed E-state index contributed by atoms with van der Waals surface area (Å²) >= 11 is 0. The molecule has 4 heterocycles. The molecule has 10 N–H and O–H groups in total. The molecule has 4 aliphatic heterocycles. The van der Waals surface area contributed by atoms with E-state index >= 15 is 0 Å². The molecule has 0 amide bonds. The Kier molecular flexibility index (Phi) is 9.69. The molecule has 0 spiro atoms. The van der Waals surface area contributed by atoms with E-state index in [1.165, 1.54) is 0 Å². The summed E-state index contributed by atoms with van der Waals surface area (Å²) in [6, 6.07) is 0. The van der Waals surface area contributed by atoms with E-state index in [9.17, 15) is 51.1 Å². The number of hydrogen-bond donors (Lipinski definition) is 10. The monoisotopic (exact) mass is 546 g/mol. The molecular weight excluding hydrogens is 512 g/mol. The van der Waals surface area contributed by atoms with Crippen LogP contribution in [0.1, 0.15) is 0 Å². The summed E-state index contributed by atoms with van der Waals surface area (Å²) in [5.74, 6) is 0. The Hall–Kier alpha value is -0.680. The first-order valence-corrected chi connectivity index (χ1v) is 11.7. The van der Waals surface area contributed by atoms with Crippen LogP contribution in [-0.4, -0.2) is 176 Å². The molecule has 17 heteroatoms. The third kappa shape index (κ3) is 6.08. The lowest BCUT2D eigenvalue weighted by atomic mass is 10.0. The van der Waals surface area contributed by atoms with E-state index in [4.69, 9.17) is 33.2 Å². The van der Waals surface area contributed by atoms with Crippen LogP contribution in [0.3, 0.4) is 0 Å². The van der Waals surface area contributed by atoms with Gasteiger partial charge < -0.3 is 84.2 Å². The van der Waals surface area contributed by atoms with Crippen molar-refractivity contribution in [1.29, 1.82) is 0 Å². The molecule has 4 fully saturated rings. The molecule has 4 unspecified atom stereocenters. The zero-order valence-corrected chi connectivity index (χ0v) is 19.4. The summed E-state index contributed by atoms with van der Waals surface area (Å²) in [7, 11) is 0. The highest BCUT2D eigenvalue weighted by Crippen LogP contribution is 2.30. The van der Waals surface area contributed by atoms with E-state index in [1.807, 2.05) is 0 Å². The van der Waals surface area contributed by atoms with Crippen molar-refractivity contribution in [2.24, 2.45) is 0 Å². The third-order valence-electron chi connectivity index (χ3n) is 6.72. The fourth-order valence-corrected chi connectivity index (χ4v) is 4.44. The molecule has 4 aliphatic rings. The van der Waals surface area contributed by atoms with Gasteiger partial charge in [0.15, 0.2) is 25.2 Å². The lowest BCUT2D eigenvalue weighted by molar-refractivity contribution is -0.353. The van der Waals surface area contributed by atoms with E-state index in [0.717, 1.165) is 0 Å². The summed E-state index contributed by atoms with van der Waals surface area (Å²) in [6.07, 6.45) is -23.8. The molecule has 4 rings (SSSR count). The van der Waals surface area contributed by atoms with Gasteiger partial charge in [0, 0.05) is 0 Å². The number of hydrogen-bond acceptors (Lipinski definition) is 17. The average molecular weight is 546 g/mol. The maximum atomic E-state index is 10.7. The van der Waals surface area contributed by atoms with Gasteiger partial charge in [0.05, 0.1) is 26.4 Å². The second kappa shape index (κ2) is 12.2. The summed E-state index contributed by atoms with van der Waals surface area (Å²) in [6.45, 7) is -1.71. The van der Waals surface area contributed by atoms with E-state index in [1.54, 1.807) is 0 Å². The van der Waals surface area contributed by atoms with Gasteiger partial charge in [0.2, 0.25) is 0 Å². The van der Waals surface area contributed by atoms with E-state index in [2.05, 4.69) is 0 Å². The van der Waals surface area contributed by atoms with Crippen LogP contribution in [0.15, 0.2) is 0 Å². The second-order valence-electron chi connectivity index (χ2n) is 9.30. The van der Waals surface area contributed by atoms with Gasteiger partial charge in [-0.25, -0.2) is 0 Å². The highest BCUT2D eigenvalue weighted by atomic mass is 16.8. The van der Waals surface area contributed by atoms with Crippen LogP contribution in [0.4, 0.5) is 0 Å². The highest BCUT2D eigenvalue weighted by molar-refractivity contribution is 4.92. The predicted molar refractivity (Wildman–Crippen MR) is 110 cm³/mol. The van der Waals surface area contributed by atoms with Crippen molar-refractivity contribution < 1.29 is 84.2 Å².